The van der Waals surface area contributed by atoms with Crippen molar-refractivity contribution in [2.45, 2.75) is 25.7 Å². The van der Waals surface area contributed by atoms with Gasteiger partial charge in [-0.25, -0.2) is 0 Å². The van der Waals surface area contributed by atoms with Gasteiger partial charge >= 0.3 is 0 Å². The van der Waals surface area contributed by atoms with Crippen LogP contribution in [0.4, 0.5) is 34.1 Å². The molecule has 0 aliphatic rings. The van der Waals surface area contributed by atoms with Gasteiger partial charge in [0.15, 0.2) is 0 Å². The van der Waals surface area contributed by atoms with E-state index in [1.165, 1.54) is 24.3 Å². The van der Waals surface area contributed by atoms with Crippen LogP contribution in [-0.4, -0.2) is 35.4 Å². The van der Waals surface area contributed by atoms with Crippen LogP contribution < -0.4 is 31.9 Å². The van der Waals surface area contributed by atoms with E-state index in [-0.39, 0.29) is 60.4 Å². The summed E-state index contributed by atoms with van der Waals surface area (Å²) < 4.78 is 0. The topological polar surface area (TPSA) is 175 Å². The molecule has 0 radical (unpaired) electrons. The number of carbonyl (C=O) groups excluding carboxylic acids is 6. The van der Waals surface area contributed by atoms with Gasteiger partial charge in [-0.05, 0) is 76.9 Å². The molecule has 0 aliphatic heterocycles. The molecule has 0 heterocycles. The SMILES string of the molecule is O=C(Cc1ccccc1)Nc1cc(NC(=O)Cc2ccccc2)cc(C(=O)Nc2cccc(NC(=O)c3cc(NC(=O)Cc4ccccc4)cc(NC(=O)Cc4ccccc4)c3)c2)c1. The summed E-state index contributed by atoms with van der Waals surface area (Å²) in [5.41, 5.74) is 5.42. The summed E-state index contributed by atoms with van der Waals surface area (Å²) >= 11 is 0. The molecular weight excluding hydrogens is 805 g/mol. The van der Waals surface area contributed by atoms with Crippen LogP contribution in [0.15, 0.2) is 182 Å². The lowest BCUT2D eigenvalue weighted by atomic mass is 10.1. The van der Waals surface area contributed by atoms with E-state index in [4.69, 9.17) is 0 Å². The number of rotatable bonds is 16. The lowest BCUT2D eigenvalue weighted by molar-refractivity contribution is -0.116. The van der Waals surface area contributed by atoms with Gasteiger partial charge in [0.05, 0.1) is 25.7 Å². The Hall–Kier alpha value is -8.64. The lowest BCUT2D eigenvalue weighted by Crippen LogP contribution is -2.19. The van der Waals surface area contributed by atoms with Gasteiger partial charge in [0.2, 0.25) is 23.6 Å². The molecule has 6 N–H and O–H groups in total. The lowest BCUT2D eigenvalue weighted by Gasteiger charge is -2.14. The number of benzene rings is 7. The van der Waals surface area contributed by atoms with Crippen LogP contribution in [0.1, 0.15) is 43.0 Å². The van der Waals surface area contributed by atoms with Crippen LogP contribution >= 0.6 is 0 Å². The van der Waals surface area contributed by atoms with Gasteiger partial charge in [-0.3, -0.25) is 28.8 Å². The Balaban J connectivity index is 1.07. The van der Waals surface area contributed by atoms with Crippen molar-refractivity contribution >= 4 is 69.6 Å². The van der Waals surface area contributed by atoms with E-state index < -0.39 is 11.8 Å². The quantitative estimate of drug-likeness (QED) is 0.0566. The predicted octanol–water partition coefficient (Wildman–Crippen LogP) is 8.92. The highest BCUT2D eigenvalue weighted by Gasteiger charge is 2.17. The van der Waals surface area contributed by atoms with Crippen LogP contribution in [0.5, 0.6) is 0 Å². The van der Waals surface area contributed by atoms with E-state index in [1.54, 1.807) is 36.4 Å². The summed E-state index contributed by atoms with van der Waals surface area (Å²) in [5.74, 6) is -2.33. The number of carbonyl (C=O) groups is 6. The van der Waals surface area contributed by atoms with Gasteiger partial charge in [0, 0.05) is 45.3 Å². The van der Waals surface area contributed by atoms with Gasteiger partial charge in [0.25, 0.3) is 11.8 Å². The fourth-order valence-corrected chi connectivity index (χ4v) is 6.83. The summed E-state index contributed by atoms with van der Waals surface area (Å²) in [6, 6.07) is 52.6. The Bertz CT molecular complexity index is 2450. The molecule has 0 saturated heterocycles. The van der Waals surface area contributed by atoms with E-state index in [2.05, 4.69) is 31.9 Å². The molecular formula is C52H44N6O6. The molecule has 0 aromatic heterocycles. The van der Waals surface area contributed by atoms with Crippen molar-refractivity contribution in [1.29, 1.82) is 0 Å². The summed E-state index contributed by atoms with van der Waals surface area (Å²) in [6.45, 7) is 0. The van der Waals surface area contributed by atoms with E-state index in [0.29, 0.717) is 34.1 Å². The third-order valence-corrected chi connectivity index (χ3v) is 9.73. The molecule has 7 rings (SSSR count). The Labute approximate surface area is 370 Å². The molecule has 0 bridgehead atoms. The van der Waals surface area contributed by atoms with Crippen molar-refractivity contribution in [2.24, 2.45) is 0 Å². The zero-order valence-corrected chi connectivity index (χ0v) is 34.6. The molecule has 0 atom stereocenters. The first-order chi connectivity index (χ1) is 31.1. The van der Waals surface area contributed by atoms with Gasteiger partial charge < -0.3 is 31.9 Å². The number of hydrogen-bond donors (Lipinski definition) is 6. The number of anilines is 6. The highest BCUT2D eigenvalue weighted by Crippen LogP contribution is 2.25. The summed E-state index contributed by atoms with van der Waals surface area (Å²) in [4.78, 5) is 79.8. The molecule has 12 nitrogen and oxygen atoms in total. The molecule has 0 spiro atoms. The summed E-state index contributed by atoms with van der Waals surface area (Å²) in [6.07, 6.45) is 0.400. The molecule has 0 unspecified atom stereocenters. The minimum Gasteiger partial charge on any atom is -0.326 e. The van der Waals surface area contributed by atoms with Crippen LogP contribution in [0.2, 0.25) is 0 Å². The van der Waals surface area contributed by atoms with Crippen molar-refractivity contribution in [2.75, 3.05) is 31.9 Å². The standard InChI is InChI=1S/C52H44N6O6/c59-47(24-35-14-5-1-6-15-35)53-43-28-39(29-44(33-43)54-48(60)25-36-16-7-2-8-17-36)51(63)57-41-22-13-23-42(32-41)58-52(64)40-30-45(55-49(61)26-37-18-9-3-10-19-37)34-46(31-40)56-50(62)27-38-20-11-4-12-21-38/h1-23,28-34H,24-27H2,(H,53,59)(H,54,60)(H,55,61)(H,56,62)(H,57,63)(H,58,64). The molecule has 12 heteroatoms. The normalized spacial score (nSPS) is 10.5. The monoisotopic (exact) mass is 848 g/mol. The molecule has 64 heavy (non-hydrogen) atoms. The Morgan fingerprint density at radius 3 is 0.781 bits per heavy atom. The zero-order chi connectivity index (χ0) is 44.7. The summed E-state index contributed by atoms with van der Waals surface area (Å²) in [7, 11) is 0. The maximum absolute atomic E-state index is 13.8. The average molecular weight is 849 g/mol. The second-order valence-corrected chi connectivity index (χ2v) is 14.9. The molecule has 0 fully saturated rings. The highest BCUT2D eigenvalue weighted by atomic mass is 16.2. The van der Waals surface area contributed by atoms with Crippen molar-refractivity contribution in [3.8, 4) is 0 Å². The second kappa shape index (κ2) is 21.2. The molecule has 0 saturated carbocycles. The first kappa shape index (κ1) is 43.4. The predicted molar refractivity (Wildman–Crippen MR) is 250 cm³/mol. The van der Waals surface area contributed by atoms with E-state index >= 15 is 0 Å². The van der Waals surface area contributed by atoms with Crippen molar-refractivity contribution < 1.29 is 28.8 Å². The smallest absolute Gasteiger partial charge is 0.255 e. The number of nitrogens with one attached hydrogen (secondary N) is 6. The van der Waals surface area contributed by atoms with E-state index in [0.717, 1.165) is 22.3 Å². The fourth-order valence-electron chi connectivity index (χ4n) is 6.83. The molecule has 0 aliphatic carbocycles. The second-order valence-electron chi connectivity index (χ2n) is 14.9. The molecule has 318 valence electrons. The molecule has 7 aromatic carbocycles. The minimum absolute atomic E-state index is 0.100. The van der Waals surface area contributed by atoms with Gasteiger partial charge in [-0.1, -0.05) is 127 Å². The number of amides is 6. The van der Waals surface area contributed by atoms with Crippen LogP contribution in [0.25, 0.3) is 0 Å². The van der Waals surface area contributed by atoms with E-state index in [9.17, 15) is 28.8 Å². The number of hydrogen-bond acceptors (Lipinski definition) is 6. The molecule has 6 amide bonds. The largest absolute Gasteiger partial charge is 0.326 e. The van der Waals surface area contributed by atoms with Crippen LogP contribution in [0.3, 0.4) is 0 Å². The van der Waals surface area contributed by atoms with Gasteiger partial charge in [-0.15, -0.1) is 0 Å². The maximum Gasteiger partial charge on any atom is 0.255 e. The zero-order valence-electron chi connectivity index (χ0n) is 34.6. The minimum atomic E-state index is -0.545. The van der Waals surface area contributed by atoms with Crippen LogP contribution in [-0.2, 0) is 44.9 Å². The third kappa shape index (κ3) is 13.2. The van der Waals surface area contributed by atoms with Gasteiger partial charge in [-0.2, -0.15) is 0 Å². The Kier molecular flexibility index (Phi) is 14.4. The molecule has 7 aromatic rings. The van der Waals surface area contributed by atoms with Crippen LogP contribution in [0, 0.1) is 0 Å². The highest BCUT2D eigenvalue weighted by molar-refractivity contribution is 6.09. The van der Waals surface area contributed by atoms with Gasteiger partial charge in [0.1, 0.15) is 0 Å². The van der Waals surface area contributed by atoms with Crippen molar-refractivity contribution in [1.82, 2.24) is 0 Å². The Morgan fingerprint density at radius 2 is 0.516 bits per heavy atom. The maximum atomic E-state index is 13.8. The Morgan fingerprint density at radius 1 is 0.266 bits per heavy atom. The first-order valence-corrected chi connectivity index (χ1v) is 20.5. The fraction of sp³-hybridized carbons (Fsp3) is 0.0769. The third-order valence-electron chi connectivity index (χ3n) is 9.73. The summed E-state index contributed by atoms with van der Waals surface area (Å²) in [5, 5.41) is 17.1. The van der Waals surface area contributed by atoms with Crippen molar-refractivity contribution in [3.63, 3.8) is 0 Å². The van der Waals surface area contributed by atoms with Crippen molar-refractivity contribution in [3.05, 3.63) is 215 Å². The van der Waals surface area contributed by atoms with E-state index in [1.807, 2.05) is 121 Å². The average Bonchev–Trinajstić information content (AvgIpc) is 3.27. The first-order valence-electron chi connectivity index (χ1n) is 20.5.